The van der Waals surface area contributed by atoms with E-state index in [1.165, 1.54) is 7.05 Å². The zero-order chi connectivity index (χ0) is 15.6. The number of rotatable bonds is 4. The number of cyclic esters (lactones) is 1. The summed E-state index contributed by atoms with van der Waals surface area (Å²) in [5.74, 6) is -0.655. The number of likely N-dealkylation sites (N-methyl/N-ethyl adjacent to an activating group) is 1. The van der Waals surface area contributed by atoms with E-state index in [2.05, 4.69) is 18.7 Å². The van der Waals surface area contributed by atoms with Crippen LogP contribution in [0.2, 0.25) is 0 Å². The van der Waals surface area contributed by atoms with E-state index in [1.807, 2.05) is 24.3 Å². The van der Waals surface area contributed by atoms with E-state index in [0.717, 1.165) is 23.7 Å². The fourth-order valence-electron chi connectivity index (χ4n) is 2.11. The molecule has 21 heavy (non-hydrogen) atoms. The molecule has 0 aliphatic carbocycles. The molecular weight excluding hydrogens is 292 g/mol. The molecule has 0 saturated carbocycles. The number of carbonyl (C=O) groups excluding carboxylic acids is 2. The van der Waals surface area contributed by atoms with E-state index >= 15 is 0 Å². The number of ether oxygens (including phenoxy) is 1. The maximum Gasteiger partial charge on any atom is 0.422 e. The standard InChI is InChI=1S/C15H17ClN2O3/c1-4-18(5-2)11-8-6-10(7-9-11)12(16)13-14(19)17(3)15(20)21-13/h6-9H,4-5H2,1-3H3. The van der Waals surface area contributed by atoms with Crippen molar-refractivity contribution in [2.75, 3.05) is 25.0 Å². The van der Waals surface area contributed by atoms with Crippen LogP contribution >= 0.6 is 11.6 Å². The summed E-state index contributed by atoms with van der Waals surface area (Å²) in [5, 5.41) is 0.142. The normalized spacial score (nSPS) is 17.0. The molecule has 1 aliphatic heterocycles. The number of anilines is 1. The van der Waals surface area contributed by atoms with E-state index in [9.17, 15) is 9.59 Å². The van der Waals surface area contributed by atoms with Crippen LogP contribution in [0.25, 0.3) is 5.03 Å². The first-order chi connectivity index (χ1) is 9.99. The molecular formula is C15H17ClN2O3. The highest BCUT2D eigenvalue weighted by Crippen LogP contribution is 2.30. The molecule has 1 aliphatic rings. The van der Waals surface area contributed by atoms with Gasteiger partial charge in [-0.1, -0.05) is 23.7 Å². The minimum Gasteiger partial charge on any atom is -0.402 e. The zero-order valence-electron chi connectivity index (χ0n) is 12.2. The number of hydrogen-bond acceptors (Lipinski definition) is 4. The smallest absolute Gasteiger partial charge is 0.402 e. The van der Waals surface area contributed by atoms with Gasteiger partial charge in [0.05, 0.1) is 5.03 Å². The summed E-state index contributed by atoms with van der Waals surface area (Å²) in [7, 11) is 1.35. The average molecular weight is 309 g/mol. The Kier molecular flexibility index (Phi) is 4.53. The Bertz CT molecular complexity index is 591. The third-order valence-corrected chi connectivity index (χ3v) is 3.80. The first-order valence-electron chi connectivity index (χ1n) is 6.74. The summed E-state index contributed by atoms with van der Waals surface area (Å²) < 4.78 is 4.90. The molecule has 5 nitrogen and oxygen atoms in total. The van der Waals surface area contributed by atoms with Crippen LogP contribution in [-0.4, -0.2) is 37.0 Å². The number of amides is 2. The lowest BCUT2D eigenvalue weighted by molar-refractivity contribution is -0.122. The van der Waals surface area contributed by atoms with Crippen LogP contribution < -0.4 is 4.90 Å². The Labute approximate surface area is 128 Å². The van der Waals surface area contributed by atoms with E-state index in [4.69, 9.17) is 16.3 Å². The van der Waals surface area contributed by atoms with Gasteiger partial charge in [-0.05, 0) is 31.5 Å². The highest BCUT2D eigenvalue weighted by atomic mass is 35.5. The number of nitrogens with zero attached hydrogens (tertiary/aromatic N) is 2. The number of imide groups is 1. The second kappa shape index (κ2) is 6.18. The molecule has 0 N–H and O–H groups in total. The number of carbonyl (C=O) groups is 2. The first kappa shape index (κ1) is 15.4. The summed E-state index contributed by atoms with van der Waals surface area (Å²) in [6.07, 6.45) is -0.715. The monoisotopic (exact) mass is 308 g/mol. The molecule has 112 valence electrons. The zero-order valence-corrected chi connectivity index (χ0v) is 13.0. The predicted molar refractivity (Wildman–Crippen MR) is 82.0 cm³/mol. The quantitative estimate of drug-likeness (QED) is 0.802. The Hall–Kier alpha value is -2.01. The Morgan fingerprint density at radius 3 is 2.19 bits per heavy atom. The molecule has 1 aromatic rings. The van der Waals surface area contributed by atoms with Gasteiger partial charge in [0.15, 0.2) is 0 Å². The van der Waals surface area contributed by atoms with Gasteiger partial charge >= 0.3 is 6.09 Å². The van der Waals surface area contributed by atoms with Gasteiger partial charge in [0.1, 0.15) is 0 Å². The van der Waals surface area contributed by atoms with Crippen molar-refractivity contribution in [1.82, 2.24) is 4.90 Å². The van der Waals surface area contributed by atoms with Crippen LogP contribution in [0.3, 0.4) is 0 Å². The summed E-state index contributed by atoms with van der Waals surface area (Å²) in [4.78, 5) is 26.2. The van der Waals surface area contributed by atoms with Gasteiger partial charge in [-0.2, -0.15) is 0 Å². The molecule has 1 heterocycles. The van der Waals surface area contributed by atoms with Crippen LogP contribution in [0.15, 0.2) is 30.0 Å². The lowest BCUT2D eigenvalue weighted by Gasteiger charge is -2.21. The molecule has 1 fully saturated rings. The molecule has 0 aromatic heterocycles. The minimum absolute atomic E-state index is 0.125. The van der Waals surface area contributed by atoms with Crippen molar-refractivity contribution < 1.29 is 14.3 Å². The molecule has 2 rings (SSSR count). The molecule has 0 bridgehead atoms. The summed E-state index contributed by atoms with van der Waals surface area (Å²) >= 11 is 6.18. The highest BCUT2D eigenvalue weighted by Gasteiger charge is 2.35. The van der Waals surface area contributed by atoms with E-state index in [1.54, 1.807) is 0 Å². The van der Waals surface area contributed by atoms with Crippen molar-refractivity contribution in [2.45, 2.75) is 13.8 Å². The van der Waals surface area contributed by atoms with E-state index in [-0.39, 0.29) is 10.8 Å². The summed E-state index contributed by atoms with van der Waals surface area (Å²) in [6, 6.07) is 7.47. The first-order valence-corrected chi connectivity index (χ1v) is 7.12. The van der Waals surface area contributed by atoms with Gasteiger partial charge in [0, 0.05) is 25.8 Å². The van der Waals surface area contributed by atoms with E-state index < -0.39 is 12.0 Å². The summed E-state index contributed by atoms with van der Waals surface area (Å²) in [6.45, 7) is 5.98. The van der Waals surface area contributed by atoms with Crippen molar-refractivity contribution in [2.24, 2.45) is 0 Å². The molecule has 2 amide bonds. The largest absolute Gasteiger partial charge is 0.422 e. The van der Waals surface area contributed by atoms with Gasteiger partial charge in [-0.15, -0.1) is 0 Å². The van der Waals surface area contributed by atoms with Gasteiger partial charge in [-0.3, -0.25) is 4.79 Å². The van der Waals surface area contributed by atoms with Crippen molar-refractivity contribution in [3.8, 4) is 0 Å². The third kappa shape index (κ3) is 2.88. The number of halogens is 1. The maximum atomic E-state index is 11.8. The van der Waals surface area contributed by atoms with Crippen LogP contribution in [0.1, 0.15) is 19.4 Å². The second-order valence-corrected chi connectivity index (χ2v) is 4.97. The van der Waals surface area contributed by atoms with Gasteiger partial charge in [-0.25, -0.2) is 9.69 Å². The third-order valence-electron chi connectivity index (χ3n) is 3.41. The highest BCUT2D eigenvalue weighted by molar-refractivity contribution is 6.51. The van der Waals surface area contributed by atoms with Crippen molar-refractivity contribution in [3.63, 3.8) is 0 Å². The molecule has 0 atom stereocenters. The van der Waals surface area contributed by atoms with Crippen molar-refractivity contribution >= 4 is 34.3 Å². The Morgan fingerprint density at radius 2 is 1.76 bits per heavy atom. The average Bonchev–Trinajstić information content (AvgIpc) is 2.76. The Morgan fingerprint density at radius 1 is 1.19 bits per heavy atom. The lowest BCUT2D eigenvalue weighted by atomic mass is 10.1. The lowest BCUT2D eigenvalue weighted by Crippen LogP contribution is -2.23. The molecule has 0 unspecified atom stereocenters. The van der Waals surface area contributed by atoms with Crippen molar-refractivity contribution in [1.29, 1.82) is 0 Å². The van der Waals surface area contributed by atoms with Crippen LogP contribution in [0, 0.1) is 0 Å². The van der Waals surface area contributed by atoms with Crippen LogP contribution in [-0.2, 0) is 9.53 Å². The minimum atomic E-state index is -0.715. The number of hydrogen-bond donors (Lipinski definition) is 0. The predicted octanol–water partition coefficient (Wildman–Crippen LogP) is 3.05. The topological polar surface area (TPSA) is 49.9 Å². The van der Waals surface area contributed by atoms with Gasteiger partial charge < -0.3 is 9.64 Å². The van der Waals surface area contributed by atoms with Gasteiger partial charge in [0.2, 0.25) is 5.76 Å². The SMILES string of the molecule is CCN(CC)c1ccc(C(Cl)=C2OC(=O)N(C)C2=O)cc1. The van der Waals surface area contributed by atoms with Gasteiger partial charge in [0.25, 0.3) is 5.91 Å². The van der Waals surface area contributed by atoms with Crippen molar-refractivity contribution in [3.05, 3.63) is 35.6 Å². The van der Waals surface area contributed by atoms with Crippen LogP contribution in [0.5, 0.6) is 0 Å². The van der Waals surface area contributed by atoms with E-state index in [0.29, 0.717) is 5.56 Å². The maximum absolute atomic E-state index is 11.8. The Balaban J connectivity index is 2.31. The molecule has 6 heteroatoms. The molecule has 1 aromatic carbocycles. The fraction of sp³-hybridized carbons (Fsp3) is 0.333. The number of benzene rings is 1. The molecule has 1 saturated heterocycles. The summed E-state index contributed by atoms with van der Waals surface area (Å²) in [5.41, 5.74) is 1.71. The molecule has 0 spiro atoms. The molecule has 0 radical (unpaired) electrons. The second-order valence-electron chi connectivity index (χ2n) is 4.59. The fourth-order valence-corrected chi connectivity index (χ4v) is 2.36. The van der Waals surface area contributed by atoms with Crippen LogP contribution in [0.4, 0.5) is 10.5 Å².